The van der Waals surface area contributed by atoms with Gasteiger partial charge in [-0.05, 0) is 44.9 Å². The van der Waals surface area contributed by atoms with Crippen LogP contribution in [0.5, 0.6) is 0 Å². The van der Waals surface area contributed by atoms with Crippen molar-refractivity contribution < 1.29 is 9.69 Å². The van der Waals surface area contributed by atoms with Crippen LogP contribution in [0.25, 0.3) is 0 Å². The highest BCUT2D eigenvalue weighted by atomic mass is 79.9. The van der Waals surface area contributed by atoms with E-state index in [0.717, 1.165) is 25.3 Å². The average Bonchev–Trinajstić information content (AvgIpc) is 2.39. The van der Waals surface area contributed by atoms with Gasteiger partial charge in [-0.1, -0.05) is 22.9 Å². The molecule has 0 amide bonds. The maximum absolute atomic E-state index is 12.3. The molecule has 0 spiro atoms. The highest BCUT2D eigenvalue weighted by Gasteiger charge is 2.29. The second-order valence-corrected chi connectivity index (χ2v) is 7.51. The molecule has 2 rings (SSSR count). The van der Waals surface area contributed by atoms with Crippen LogP contribution in [0.2, 0.25) is 0 Å². The van der Waals surface area contributed by atoms with Gasteiger partial charge >= 0.3 is 0 Å². The van der Waals surface area contributed by atoms with Gasteiger partial charge in [0.1, 0.15) is 6.54 Å². The lowest BCUT2D eigenvalue weighted by Gasteiger charge is -2.31. The fourth-order valence-electron chi connectivity index (χ4n) is 3.53. The molecule has 1 aliphatic heterocycles. The van der Waals surface area contributed by atoms with E-state index >= 15 is 0 Å². The highest BCUT2D eigenvalue weighted by Crippen LogP contribution is 2.28. The van der Waals surface area contributed by atoms with Crippen LogP contribution in [-0.4, -0.2) is 30.2 Å². The lowest BCUT2D eigenvalue weighted by molar-refractivity contribution is -0.900. The zero-order chi connectivity index (χ0) is 13.0. The predicted molar refractivity (Wildman–Crippen MR) is 78.3 cm³/mol. The van der Waals surface area contributed by atoms with Crippen LogP contribution in [-0.2, 0) is 4.79 Å². The molecule has 0 bridgehead atoms. The molecule has 2 aliphatic rings. The SMILES string of the molecule is CCC1CCC[NH+](CC(=O)C2CCC(Br)CC2)C1. The number of Topliss-reactive ketones (excluding diaryl/α,β-unsaturated/α-hetero) is 1. The number of carbonyl (C=O) groups excluding carboxylic acids is 1. The Morgan fingerprint density at radius 1 is 1.22 bits per heavy atom. The summed E-state index contributed by atoms with van der Waals surface area (Å²) >= 11 is 3.66. The van der Waals surface area contributed by atoms with E-state index in [1.54, 1.807) is 4.90 Å². The largest absolute Gasteiger partial charge is 0.329 e. The lowest BCUT2D eigenvalue weighted by Crippen LogP contribution is -3.14. The topological polar surface area (TPSA) is 21.5 Å². The Hall–Kier alpha value is 0.110. The molecule has 1 heterocycles. The van der Waals surface area contributed by atoms with Gasteiger partial charge in [0.05, 0.1) is 13.1 Å². The highest BCUT2D eigenvalue weighted by molar-refractivity contribution is 9.09. The van der Waals surface area contributed by atoms with E-state index in [1.807, 2.05) is 0 Å². The Balaban J connectivity index is 1.76. The summed E-state index contributed by atoms with van der Waals surface area (Å²) in [5.74, 6) is 1.77. The molecule has 0 aromatic rings. The van der Waals surface area contributed by atoms with Gasteiger partial charge in [-0.3, -0.25) is 4.79 Å². The molecular formula is C15H27BrNO+. The summed E-state index contributed by atoms with van der Waals surface area (Å²) in [7, 11) is 0. The van der Waals surface area contributed by atoms with Crippen molar-refractivity contribution in [3.63, 3.8) is 0 Å². The molecule has 2 atom stereocenters. The van der Waals surface area contributed by atoms with Crippen molar-refractivity contribution in [1.29, 1.82) is 0 Å². The predicted octanol–water partition coefficient (Wildman–Crippen LogP) is 2.21. The van der Waals surface area contributed by atoms with Gasteiger partial charge in [0.15, 0.2) is 5.78 Å². The van der Waals surface area contributed by atoms with E-state index in [-0.39, 0.29) is 0 Å². The monoisotopic (exact) mass is 316 g/mol. The maximum atomic E-state index is 12.3. The average molecular weight is 317 g/mol. The van der Waals surface area contributed by atoms with Crippen LogP contribution in [0.15, 0.2) is 0 Å². The van der Waals surface area contributed by atoms with Crippen molar-refractivity contribution >= 4 is 21.7 Å². The fourth-order valence-corrected chi connectivity index (χ4v) is 4.06. The molecule has 3 heteroatoms. The number of carbonyl (C=O) groups is 1. The normalized spacial score (nSPS) is 37.4. The van der Waals surface area contributed by atoms with E-state index in [4.69, 9.17) is 0 Å². The third kappa shape index (κ3) is 4.06. The van der Waals surface area contributed by atoms with Gasteiger partial charge < -0.3 is 4.90 Å². The summed E-state index contributed by atoms with van der Waals surface area (Å²) in [6.07, 6.45) is 8.57. The summed E-state index contributed by atoms with van der Waals surface area (Å²) < 4.78 is 0. The van der Waals surface area contributed by atoms with Crippen molar-refractivity contribution in [2.75, 3.05) is 19.6 Å². The number of ketones is 1. The van der Waals surface area contributed by atoms with Gasteiger partial charge in [-0.2, -0.15) is 0 Å². The quantitative estimate of drug-likeness (QED) is 0.789. The van der Waals surface area contributed by atoms with Crippen LogP contribution in [0.3, 0.4) is 0 Å². The number of hydrogen-bond donors (Lipinski definition) is 1. The van der Waals surface area contributed by atoms with Crippen LogP contribution in [0.1, 0.15) is 51.9 Å². The summed E-state index contributed by atoms with van der Waals surface area (Å²) in [5.41, 5.74) is 0. The third-order valence-electron chi connectivity index (χ3n) is 4.83. The Morgan fingerprint density at radius 3 is 2.61 bits per heavy atom. The molecule has 0 aromatic heterocycles. The first-order valence-corrected chi connectivity index (χ1v) is 8.61. The van der Waals surface area contributed by atoms with E-state index in [2.05, 4.69) is 22.9 Å². The maximum Gasteiger partial charge on any atom is 0.189 e. The van der Waals surface area contributed by atoms with E-state index in [1.165, 1.54) is 45.2 Å². The molecular weight excluding hydrogens is 290 g/mol. The number of hydrogen-bond acceptors (Lipinski definition) is 1. The number of nitrogens with one attached hydrogen (secondary N) is 1. The van der Waals surface area contributed by atoms with Crippen molar-refractivity contribution in [1.82, 2.24) is 0 Å². The Morgan fingerprint density at radius 2 is 1.94 bits per heavy atom. The van der Waals surface area contributed by atoms with Crippen LogP contribution in [0, 0.1) is 11.8 Å². The first-order valence-electron chi connectivity index (χ1n) is 7.69. The zero-order valence-electron chi connectivity index (χ0n) is 11.6. The van der Waals surface area contributed by atoms with Crippen LogP contribution < -0.4 is 4.90 Å². The lowest BCUT2D eigenvalue weighted by atomic mass is 9.85. The molecule has 18 heavy (non-hydrogen) atoms. The van der Waals surface area contributed by atoms with Crippen LogP contribution >= 0.6 is 15.9 Å². The minimum Gasteiger partial charge on any atom is -0.329 e. The second kappa shape index (κ2) is 7.04. The number of rotatable bonds is 4. The van der Waals surface area contributed by atoms with E-state index < -0.39 is 0 Å². The molecule has 1 aliphatic carbocycles. The molecule has 1 saturated heterocycles. The number of piperidine rings is 1. The smallest absolute Gasteiger partial charge is 0.189 e. The molecule has 0 aromatic carbocycles. The Bertz CT molecular complexity index is 274. The van der Waals surface area contributed by atoms with Gasteiger partial charge in [-0.15, -0.1) is 0 Å². The number of alkyl halides is 1. The molecule has 2 fully saturated rings. The molecule has 0 radical (unpaired) electrons. The first-order chi connectivity index (χ1) is 8.69. The van der Waals surface area contributed by atoms with Crippen LogP contribution in [0.4, 0.5) is 0 Å². The molecule has 1 saturated carbocycles. The molecule has 2 nitrogen and oxygen atoms in total. The van der Waals surface area contributed by atoms with Gasteiger partial charge in [-0.25, -0.2) is 0 Å². The van der Waals surface area contributed by atoms with Gasteiger partial charge in [0, 0.05) is 16.7 Å². The minimum atomic E-state index is 0.369. The zero-order valence-corrected chi connectivity index (χ0v) is 13.2. The fraction of sp³-hybridized carbons (Fsp3) is 0.933. The number of likely N-dealkylation sites (tertiary alicyclic amines) is 1. The molecule has 104 valence electrons. The van der Waals surface area contributed by atoms with E-state index in [9.17, 15) is 4.79 Å². The van der Waals surface area contributed by atoms with Crippen molar-refractivity contribution in [3.05, 3.63) is 0 Å². The Kier molecular flexibility index (Phi) is 5.68. The summed E-state index contributed by atoms with van der Waals surface area (Å²) in [4.78, 5) is 14.5. The second-order valence-electron chi connectivity index (χ2n) is 6.21. The standard InChI is InChI=1S/C15H26BrNO/c1-2-12-4-3-9-17(10-12)11-15(18)13-5-7-14(16)8-6-13/h12-14H,2-11H2,1H3/p+1. The number of halogens is 1. The third-order valence-corrected chi connectivity index (χ3v) is 5.75. The van der Waals surface area contributed by atoms with E-state index in [0.29, 0.717) is 16.5 Å². The minimum absolute atomic E-state index is 0.369. The van der Waals surface area contributed by atoms with Gasteiger partial charge in [0.2, 0.25) is 0 Å². The summed E-state index contributed by atoms with van der Waals surface area (Å²) in [6, 6.07) is 0. The summed E-state index contributed by atoms with van der Waals surface area (Å²) in [5, 5.41) is 0. The van der Waals surface area contributed by atoms with Crippen molar-refractivity contribution in [2.45, 2.75) is 56.7 Å². The summed E-state index contributed by atoms with van der Waals surface area (Å²) in [6.45, 7) is 5.53. The van der Waals surface area contributed by atoms with Gasteiger partial charge in [0.25, 0.3) is 0 Å². The van der Waals surface area contributed by atoms with Crippen molar-refractivity contribution in [3.8, 4) is 0 Å². The molecule has 2 unspecified atom stereocenters. The Labute approximate surface area is 120 Å². The number of quaternary nitrogens is 1. The van der Waals surface area contributed by atoms with Crippen molar-refractivity contribution in [2.24, 2.45) is 11.8 Å². The first kappa shape index (κ1) is 14.5. The molecule has 1 N–H and O–H groups in total.